The molecule has 1 aromatic heterocycles. The molecule has 0 saturated heterocycles. The van der Waals surface area contributed by atoms with Crippen LogP contribution in [0, 0.1) is 0 Å². The molecule has 0 aliphatic carbocycles. The highest BCUT2D eigenvalue weighted by Crippen LogP contribution is 2.41. The smallest absolute Gasteiger partial charge is 0.337 e. The van der Waals surface area contributed by atoms with Crippen LogP contribution in [0.4, 0.5) is 0 Å². The van der Waals surface area contributed by atoms with Gasteiger partial charge in [-0.05, 0) is 86.2 Å². The number of rotatable bonds is 7. The third-order valence-electron chi connectivity index (χ3n) is 8.23. The molecule has 0 spiro atoms. The molecule has 0 atom stereocenters. The first-order chi connectivity index (χ1) is 21.3. The summed E-state index contributed by atoms with van der Waals surface area (Å²) in [6, 6.07) is 7.08. The molecule has 0 bridgehead atoms. The first-order valence-corrected chi connectivity index (χ1v) is 16.1. The maximum atomic E-state index is 14.1. The van der Waals surface area contributed by atoms with Crippen LogP contribution in [0.1, 0.15) is 123 Å². The molecular weight excluding hydrogens is 598 g/mol. The number of aromatic hydroxyl groups is 2. The summed E-state index contributed by atoms with van der Waals surface area (Å²) in [5.41, 5.74) is -0.766. The maximum absolute atomic E-state index is 14.1. The van der Waals surface area contributed by atoms with Crippen molar-refractivity contribution >= 4 is 5.97 Å². The van der Waals surface area contributed by atoms with Gasteiger partial charge in [-0.15, -0.1) is 0 Å². The zero-order chi connectivity index (χ0) is 36.0. The molecule has 0 aliphatic heterocycles. The minimum absolute atomic E-state index is 0.0543. The van der Waals surface area contributed by atoms with Gasteiger partial charge in [-0.2, -0.15) is 0 Å². The van der Waals surface area contributed by atoms with E-state index in [1.165, 1.54) is 0 Å². The van der Waals surface area contributed by atoms with E-state index in [9.17, 15) is 29.4 Å². The normalized spacial score (nSPS) is 12.8. The van der Waals surface area contributed by atoms with E-state index in [-0.39, 0.29) is 31.2 Å². The summed E-state index contributed by atoms with van der Waals surface area (Å²) < 4.78 is 7.67. The van der Waals surface area contributed by atoms with Gasteiger partial charge >= 0.3 is 23.0 Å². The van der Waals surface area contributed by atoms with Crippen molar-refractivity contribution in [1.82, 2.24) is 13.7 Å². The van der Waals surface area contributed by atoms with Crippen LogP contribution in [0.5, 0.6) is 11.5 Å². The van der Waals surface area contributed by atoms with Crippen LogP contribution in [0.15, 0.2) is 38.6 Å². The molecule has 2 N–H and O–H groups in total. The maximum Gasteiger partial charge on any atom is 0.337 e. The lowest BCUT2D eigenvalue weighted by Gasteiger charge is -2.28. The van der Waals surface area contributed by atoms with E-state index in [0.717, 1.165) is 13.7 Å². The summed E-state index contributed by atoms with van der Waals surface area (Å²) in [5, 5.41) is 22.5. The topological polar surface area (TPSA) is 133 Å². The standard InChI is InChI=1S/C37H53N3O7/c1-14-47-28(41)21-40-32(45)38(19-22-15-24(34(2,3)4)29(42)25(16-22)35(5,6)7)31(44)39(33(40)46)20-23-17-26(36(8,9)10)30(43)27(18-23)37(11,12)13/h15-18,42-43H,14,19-21H2,1-13H3. The predicted octanol–water partition coefficient (Wildman–Crippen LogP) is 5.43. The second kappa shape index (κ2) is 12.8. The molecule has 3 aromatic rings. The molecule has 0 saturated carbocycles. The van der Waals surface area contributed by atoms with Gasteiger partial charge in [-0.25, -0.2) is 28.1 Å². The molecule has 1 heterocycles. The quantitative estimate of drug-likeness (QED) is 0.326. The average molecular weight is 652 g/mol. The molecule has 0 amide bonds. The Hall–Kier alpha value is -4.08. The molecule has 0 aliphatic rings. The van der Waals surface area contributed by atoms with E-state index in [4.69, 9.17) is 4.74 Å². The highest BCUT2D eigenvalue weighted by atomic mass is 16.5. The van der Waals surface area contributed by atoms with Gasteiger partial charge in [0.1, 0.15) is 18.0 Å². The number of phenolic OH excluding ortho intramolecular Hbond substituents is 2. The monoisotopic (exact) mass is 651 g/mol. The Morgan fingerprint density at radius 3 is 1.11 bits per heavy atom. The lowest BCUT2D eigenvalue weighted by atomic mass is 9.78. The fourth-order valence-electron chi connectivity index (χ4n) is 5.65. The third-order valence-corrected chi connectivity index (χ3v) is 8.23. The molecule has 10 heteroatoms. The fraction of sp³-hybridized carbons (Fsp3) is 0.568. The average Bonchev–Trinajstić information content (AvgIpc) is 2.90. The van der Waals surface area contributed by atoms with Crippen molar-refractivity contribution in [3.8, 4) is 11.5 Å². The van der Waals surface area contributed by atoms with Crippen molar-refractivity contribution < 1.29 is 19.7 Å². The number of hydrogen-bond acceptors (Lipinski definition) is 7. The van der Waals surface area contributed by atoms with Crippen LogP contribution in [0.3, 0.4) is 0 Å². The lowest BCUT2D eigenvalue weighted by Crippen LogP contribution is -2.55. The minimum Gasteiger partial charge on any atom is -0.507 e. The van der Waals surface area contributed by atoms with Crippen molar-refractivity contribution in [3.63, 3.8) is 0 Å². The molecule has 47 heavy (non-hydrogen) atoms. The number of hydrogen-bond donors (Lipinski definition) is 2. The highest BCUT2D eigenvalue weighted by molar-refractivity contribution is 5.69. The Morgan fingerprint density at radius 2 is 0.851 bits per heavy atom. The highest BCUT2D eigenvalue weighted by Gasteiger charge is 2.29. The predicted molar refractivity (Wildman–Crippen MR) is 185 cm³/mol. The van der Waals surface area contributed by atoms with E-state index in [1.807, 2.05) is 83.1 Å². The van der Waals surface area contributed by atoms with E-state index in [0.29, 0.717) is 33.4 Å². The summed E-state index contributed by atoms with van der Waals surface area (Å²) in [7, 11) is 0. The number of carbonyl (C=O) groups excluding carboxylic acids is 1. The largest absolute Gasteiger partial charge is 0.507 e. The number of esters is 1. The molecule has 258 valence electrons. The van der Waals surface area contributed by atoms with E-state index in [2.05, 4.69) is 0 Å². The van der Waals surface area contributed by atoms with Gasteiger partial charge in [0.15, 0.2) is 0 Å². The molecule has 0 unspecified atom stereocenters. The molecule has 10 nitrogen and oxygen atoms in total. The van der Waals surface area contributed by atoms with Crippen LogP contribution in [0.2, 0.25) is 0 Å². The van der Waals surface area contributed by atoms with Crippen LogP contribution in [-0.2, 0) is 50.8 Å². The van der Waals surface area contributed by atoms with Crippen molar-refractivity contribution in [3.05, 3.63) is 89.1 Å². The SMILES string of the molecule is CCOC(=O)Cn1c(=O)n(Cc2cc(C(C)(C)C)c(O)c(C(C)(C)C)c2)c(=O)n(Cc2cc(C(C)(C)C)c(O)c(C(C)(C)C)c2)c1=O. The Labute approximate surface area is 277 Å². The second-order valence-corrected chi connectivity index (χ2v) is 16.5. The Morgan fingerprint density at radius 1 is 0.574 bits per heavy atom. The number of benzene rings is 2. The zero-order valence-corrected chi connectivity index (χ0v) is 30.4. The first-order valence-electron chi connectivity index (χ1n) is 16.1. The second-order valence-electron chi connectivity index (χ2n) is 16.5. The van der Waals surface area contributed by atoms with Gasteiger partial charge < -0.3 is 14.9 Å². The minimum atomic E-state index is -0.941. The van der Waals surface area contributed by atoms with Crippen LogP contribution in [-0.4, -0.2) is 36.5 Å². The van der Waals surface area contributed by atoms with Crippen LogP contribution < -0.4 is 17.1 Å². The van der Waals surface area contributed by atoms with Crippen molar-refractivity contribution in [1.29, 1.82) is 0 Å². The molecule has 0 radical (unpaired) electrons. The number of aromatic nitrogens is 3. The number of carbonyl (C=O) groups is 1. The molecule has 0 fully saturated rings. The fourth-order valence-corrected chi connectivity index (χ4v) is 5.65. The van der Waals surface area contributed by atoms with Crippen molar-refractivity contribution in [2.24, 2.45) is 0 Å². The third kappa shape index (κ3) is 8.08. The Balaban J connectivity index is 2.38. The first kappa shape index (κ1) is 37.4. The number of nitrogens with zero attached hydrogens (tertiary/aromatic N) is 3. The van der Waals surface area contributed by atoms with E-state index in [1.54, 1.807) is 31.2 Å². The van der Waals surface area contributed by atoms with E-state index >= 15 is 0 Å². The molecule has 3 rings (SSSR count). The van der Waals surface area contributed by atoms with Crippen molar-refractivity contribution in [2.75, 3.05) is 6.61 Å². The summed E-state index contributed by atoms with van der Waals surface area (Å²) in [6.45, 7) is 24.2. The van der Waals surface area contributed by atoms with Gasteiger partial charge in [0.2, 0.25) is 0 Å². The van der Waals surface area contributed by atoms with Gasteiger partial charge in [0, 0.05) is 0 Å². The van der Waals surface area contributed by atoms with Gasteiger partial charge in [0.25, 0.3) is 0 Å². The Bertz CT molecular complexity index is 1660. The summed E-state index contributed by atoms with van der Waals surface area (Å²) >= 11 is 0. The van der Waals surface area contributed by atoms with Crippen LogP contribution in [0.25, 0.3) is 0 Å². The van der Waals surface area contributed by atoms with E-state index < -0.39 is 51.2 Å². The summed E-state index contributed by atoms with van der Waals surface area (Å²) in [5.74, 6) is -0.474. The zero-order valence-electron chi connectivity index (χ0n) is 30.4. The number of phenols is 2. The lowest BCUT2D eigenvalue weighted by molar-refractivity contribution is -0.144. The number of ether oxygens (including phenoxy) is 1. The molecular formula is C37H53N3O7. The van der Waals surface area contributed by atoms with Gasteiger partial charge in [-0.1, -0.05) is 83.1 Å². The summed E-state index contributed by atoms with van der Waals surface area (Å²) in [4.78, 5) is 54.4. The van der Waals surface area contributed by atoms with Crippen molar-refractivity contribution in [2.45, 2.75) is 131 Å². The molecule has 2 aromatic carbocycles. The Kier molecular flexibility index (Phi) is 10.2. The van der Waals surface area contributed by atoms with Crippen LogP contribution >= 0.6 is 0 Å². The summed E-state index contributed by atoms with van der Waals surface area (Å²) in [6.07, 6.45) is 0. The van der Waals surface area contributed by atoms with Gasteiger partial charge in [-0.3, -0.25) is 4.79 Å². The van der Waals surface area contributed by atoms with Gasteiger partial charge in [0.05, 0.1) is 19.7 Å².